The van der Waals surface area contributed by atoms with Crippen molar-refractivity contribution >= 4 is 6.72 Å². The van der Waals surface area contributed by atoms with Gasteiger partial charge in [-0.3, -0.25) is 4.99 Å². The van der Waals surface area contributed by atoms with Crippen LogP contribution < -0.4 is 5.32 Å². The third kappa shape index (κ3) is 4.21. The van der Waals surface area contributed by atoms with Crippen LogP contribution in [0.25, 0.3) is 0 Å². The summed E-state index contributed by atoms with van der Waals surface area (Å²) in [6.45, 7) is 15.6. The largest absolute Gasteiger partial charge is 0.387 e. The number of allylic oxidation sites excluding steroid dienone is 6. The molecule has 0 rings (SSSR count). The maximum absolute atomic E-state index is 3.84. The van der Waals surface area contributed by atoms with E-state index >= 15 is 0 Å². The van der Waals surface area contributed by atoms with Crippen molar-refractivity contribution in [3.05, 3.63) is 59.0 Å². The molecular weight excluding hydrogens is 220 g/mol. The summed E-state index contributed by atoms with van der Waals surface area (Å²) < 4.78 is 0. The number of likely N-dealkylation sites (N-methyl/N-ethyl adjacent to an activating group) is 1. The van der Waals surface area contributed by atoms with Gasteiger partial charge in [-0.15, -0.1) is 0 Å². The molecule has 0 bridgehead atoms. The Balaban J connectivity index is 5.88. The van der Waals surface area contributed by atoms with Gasteiger partial charge in [-0.2, -0.15) is 0 Å². The predicted molar refractivity (Wildman–Crippen MR) is 82.8 cm³/mol. The van der Waals surface area contributed by atoms with Crippen LogP contribution in [0.4, 0.5) is 0 Å². The lowest BCUT2D eigenvalue weighted by atomic mass is 9.98. The second-order valence-electron chi connectivity index (χ2n) is 4.11. The quantitative estimate of drug-likeness (QED) is 0.550. The Kier molecular flexibility index (Phi) is 7.45. The molecule has 0 fully saturated rings. The molecule has 0 aromatic heterocycles. The van der Waals surface area contributed by atoms with Crippen LogP contribution >= 0.6 is 0 Å². The molecule has 1 N–H and O–H groups in total. The highest BCUT2D eigenvalue weighted by molar-refractivity contribution is 5.51. The van der Waals surface area contributed by atoms with E-state index in [9.17, 15) is 0 Å². The maximum Gasteiger partial charge on any atom is 0.0446 e. The number of aliphatic imine (C=N–C) groups is 1. The van der Waals surface area contributed by atoms with Crippen LogP contribution in [0.2, 0.25) is 0 Å². The lowest BCUT2D eigenvalue weighted by Gasteiger charge is -2.15. The molecule has 0 heterocycles. The average Bonchev–Trinajstić information content (AvgIpc) is 2.35. The zero-order valence-corrected chi connectivity index (χ0v) is 12.2. The van der Waals surface area contributed by atoms with Crippen molar-refractivity contribution < 1.29 is 0 Å². The third-order valence-corrected chi connectivity index (χ3v) is 2.74. The Morgan fingerprint density at radius 3 is 2.17 bits per heavy atom. The molecule has 2 nitrogen and oxygen atoms in total. The van der Waals surface area contributed by atoms with Crippen molar-refractivity contribution in [3.8, 4) is 0 Å². The summed E-state index contributed by atoms with van der Waals surface area (Å²) in [5.41, 5.74) is 5.72. The first-order chi connectivity index (χ1) is 8.53. The molecule has 0 saturated heterocycles. The first kappa shape index (κ1) is 16.2. The van der Waals surface area contributed by atoms with Crippen molar-refractivity contribution in [3.63, 3.8) is 0 Å². The molecule has 0 amide bonds. The first-order valence-corrected chi connectivity index (χ1v) is 6.01. The van der Waals surface area contributed by atoms with Crippen LogP contribution in [0.3, 0.4) is 0 Å². The van der Waals surface area contributed by atoms with Crippen LogP contribution in [-0.2, 0) is 0 Å². The van der Waals surface area contributed by atoms with E-state index in [-0.39, 0.29) is 0 Å². The molecular formula is C16H24N2. The van der Waals surface area contributed by atoms with Gasteiger partial charge in [-0.1, -0.05) is 24.3 Å². The molecule has 0 aromatic rings. The van der Waals surface area contributed by atoms with Crippen molar-refractivity contribution in [1.82, 2.24) is 5.32 Å². The SMILES string of the molecule is C=CC(=C\C)/C(C)=C(\NC)C(/C=C\N=C)=C(C)C. The molecule has 2 heteroatoms. The fourth-order valence-corrected chi connectivity index (χ4v) is 1.78. The van der Waals surface area contributed by atoms with E-state index in [2.05, 4.69) is 50.5 Å². The van der Waals surface area contributed by atoms with Gasteiger partial charge in [-0.05, 0) is 57.2 Å². The van der Waals surface area contributed by atoms with E-state index in [0.717, 1.165) is 16.8 Å². The summed E-state index contributed by atoms with van der Waals surface area (Å²) in [5, 5.41) is 3.26. The van der Waals surface area contributed by atoms with Gasteiger partial charge in [0.1, 0.15) is 0 Å². The van der Waals surface area contributed by atoms with Gasteiger partial charge in [0.2, 0.25) is 0 Å². The molecule has 0 aromatic carbocycles. The summed E-state index contributed by atoms with van der Waals surface area (Å²) in [4.78, 5) is 3.77. The van der Waals surface area contributed by atoms with Crippen LogP contribution in [-0.4, -0.2) is 13.8 Å². The summed E-state index contributed by atoms with van der Waals surface area (Å²) in [5.74, 6) is 0. The van der Waals surface area contributed by atoms with Gasteiger partial charge < -0.3 is 5.32 Å². The normalized spacial score (nSPS) is 13.1. The lowest BCUT2D eigenvalue weighted by Crippen LogP contribution is -2.11. The van der Waals surface area contributed by atoms with E-state index in [4.69, 9.17) is 0 Å². The summed E-state index contributed by atoms with van der Waals surface area (Å²) >= 11 is 0. The highest BCUT2D eigenvalue weighted by Gasteiger charge is 2.08. The maximum atomic E-state index is 3.84. The molecule has 0 saturated carbocycles. The molecule has 0 unspecified atom stereocenters. The first-order valence-electron chi connectivity index (χ1n) is 6.01. The summed E-state index contributed by atoms with van der Waals surface area (Å²) in [6.07, 6.45) is 7.59. The fourth-order valence-electron chi connectivity index (χ4n) is 1.78. The third-order valence-electron chi connectivity index (χ3n) is 2.74. The number of nitrogens with one attached hydrogen (secondary N) is 1. The van der Waals surface area contributed by atoms with Gasteiger partial charge in [0.05, 0.1) is 0 Å². The minimum absolute atomic E-state index is 1.09. The molecule has 0 aliphatic heterocycles. The minimum atomic E-state index is 1.09. The minimum Gasteiger partial charge on any atom is -0.387 e. The predicted octanol–water partition coefficient (Wildman–Crippen LogP) is 4.16. The van der Waals surface area contributed by atoms with Crippen molar-refractivity contribution in [2.75, 3.05) is 7.05 Å². The second-order valence-corrected chi connectivity index (χ2v) is 4.11. The highest BCUT2D eigenvalue weighted by Crippen LogP contribution is 2.22. The van der Waals surface area contributed by atoms with Gasteiger partial charge in [0, 0.05) is 18.9 Å². The van der Waals surface area contributed by atoms with Crippen LogP contribution in [0.5, 0.6) is 0 Å². The summed E-state index contributed by atoms with van der Waals surface area (Å²) in [7, 11) is 1.92. The second kappa shape index (κ2) is 8.29. The zero-order valence-electron chi connectivity index (χ0n) is 12.2. The van der Waals surface area contributed by atoms with E-state index < -0.39 is 0 Å². The number of hydrogen-bond acceptors (Lipinski definition) is 2. The molecule has 0 radical (unpaired) electrons. The van der Waals surface area contributed by atoms with E-state index in [1.807, 2.05) is 26.1 Å². The highest BCUT2D eigenvalue weighted by atomic mass is 14.8. The molecule has 0 atom stereocenters. The monoisotopic (exact) mass is 244 g/mol. The molecule has 0 aliphatic carbocycles. The Hall–Kier alpha value is -1.83. The van der Waals surface area contributed by atoms with E-state index in [1.165, 1.54) is 11.1 Å². The van der Waals surface area contributed by atoms with Crippen LogP contribution in [0.15, 0.2) is 64.0 Å². The molecule has 98 valence electrons. The van der Waals surface area contributed by atoms with Crippen molar-refractivity contribution in [1.29, 1.82) is 0 Å². The Bertz CT molecular complexity index is 428. The van der Waals surface area contributed by atoms with Crippen LogP contribution in [0.1, 0.15) is 27.7 Å². The van der Waals surface area contributed by atoms with Gasteiger partial charge in [0.25, 0.3) is 0 Å². The van der Waals surface area contributed by atoms with Gasteiger partial charge in [-0.25, -0.2) is 0 Å². The number of hydrogen-bond donors (Lipinski definition) is 1. The molecule has 18 heavy (non-hydrogen) atoms. The molecule has 0 aliphatic rings. The number of nitrogens with zero attached hydrogens (tertiary/aromatic N) is 1. The Labute approximate surface area is 111 Å². The van der Waals surface area contributed by atoms with E-state index in [1.54, 1.807) is 6.20 Å². The smallest absolute Gasteiger partial charge is 0.0446 e. The zero-order chi connectivity index (χ0) is 14.1. The van der Waals surface area contributed by atoms with Gasteiger partial charge >= 0.3 is 0 Å². The standard InChI is InChI=1S/C16H24N2/c1-8-14(9-2)13(5)16(18-7)15(12(3)4)10-11-17-6/h8-11,18H,1,6H2,2-5,7H3/b11-10-,14-9+,16-13-. The number of rotatable bonds is 6. The topological polar surface area (TPSA) is 24.4 Å². The van der Waals surface area contributed by atoms with Crippen LogP contribution in [0, 0.1) is 0 Å². The van der Waals surface area contributed by atoms with Gasteiger partial charge in [0.15, 0.2) is 0 Å². The fraction of sp³-hybridized carbons (Fsp3) is 0.312. The Morgan fingerprint density at radius 1 is 1.22 bits per heavy atom. The van der Waals surface area contributed by atoms with Crippen molar-refractivity contribution in [2.24, 2.45) is 4.99 Å². The molecule has 0 spiro atoms. The average molecular weight is 244 g/mol. The van der Waals surface area contributed by atoms with E-state index in [0.29, 0.717) is 0 Å². The Morgan fingerprint density at radius 2 is 1.83 bits per heavy atom. The lowest BCUT2D eigenvalue weighted by molar-refractivity contribution is 0.976. The summed E-state index contributed by atoms with van der Waals surface area (Å²) in [6, 6.07) is 0. The van der Waals surface area contributed by atoms with Crippen molar-refractivity contribution in [2.45, 2.75) is 27.7 Å².